The molecule has 0 saturated heterocycles. The highest BCUT2D eigenvalue weighted by Gasteiger charge is 2.17. The van der Waals surface area contributed by atoms with E-state index in [-0.39, 0.29) is 1.43 Å². The Morgan fingerprint density at radius 2 is 1.79 bits per heavy atom. The van der Waals surface area contributed by atoms with E-state index in [4.69, 9.17) is 24.4 Å². The third-order valence-electron chi connectivity index (χ3n) is 3.40. The summed E-state index contributed by atoms with van der Waals surface area (Å²) in [7, 11) is 2.06. The average molecular weight is 301 g/mol. The minimum Gasteiger partial charge on any atom is -0.382 e. The molecule has 0 radical (unpaired) electrons. The molecule has 0 unspecified atom stereocenters. The molecular formula is C15H28N2S2. The molecule has 1 N–H and O–H groups in total. The normalized spacial score (nSPS) is 11.8. The van der Waals surface area contributed by atoms with Crippen LogP contribution in [0.1, 0.15) is 48.4 Å². The Morgan fingerprint density at radius 3 is 2.32 bits per heavy atom. The van der Waals surface area contributed by atoms with Gasteiger partial charge in [-0.1, -0.05) is 51.6 Å². The molecule has 19 heavy (non-hydrogen) atoms. The average Bonchev–Trinajstić information content (AvgIpc) is 2.34. The summed E-state index contributed by atoms with van der Waals surface area (Å²) in [6, 6.07) is 0. The van der Waals surface area contributed by atoms with Crippen LogP contribution in [0.3, 0.4) is 0 Å². The molecule has 0 atom stereocenters. The van der Waals surface area contributed by atoms with Crippen molar-refractivity contribution in [2.24, 2.45) is 5.41 Å². The van der Waals surface area contributed by atoms with Gasteiger partial charge in [0.05, 0.1) is 20.4 Å². The van der Waals surface area contributed by atoms with Gasteiger partial charge in [0.25, 0.3) is 0 Å². The molecule has 2 nitrogen and oxygen atoms in total. The first kappa shape index (κ1) is 16.6. The summed E-state index contributed by atoms with van der Waals surface area (Å²) in [6.45, 7) is 10.9. The predicted octanol–water partition coefficient (Wildman–Crippen LogP) is 5.35. The van der Waals surface area contributed by atoms with Crippen LogP contribution in [0.4, 0.5) is 11.4 Å². The molecule has 0 saturated carbocycles. The molecule has 0 spiro atoms. The van der Waals surface area contributed by atoms with Crippen molar-refractivity contribution in [2.45, 2.75) is 47.0 Å². The monoisotopic (exact) mass is 300 g/mol. The topological polar surface area (TPSA) is 15.3 Å². The van der Waals surface area contributed by atoms with Gasteiger partial charge in [-0.15, -0.1) is 0 Å². The number of rotatable bonds is 7. The van der Waals surface area contributed by atoms with Gasteiger partial charge in [0.2, 0.25) is 0 Å². The number of nitrogens with one attached hydrogen (secondary N) is 1. The largest absolute Gasteiger partial charge is 0.382 e. The van der Waals surface area contributed by atoms with E-state index < -0.39 is 0 Å². The van der Waals surface area contributed by atoms with Crippen molar-refractivity contribution in [3.63, 3.8) is 0 Å². The first-order valence-electron chi connectivity index (χ1n) is 7.06. The van der Waals surface area contributed by atoms with Gasteiger partial charge in [0.15, 0.2) is 0 Å². The summed E-state index contributed by atoms with van der Waals surface area (Å²) in [5, 5.41) is 3.46. The Morgan fingerprint density at radius 1 is 1.16 bits per heavy atom. The smallest absolute Gasteiger partial charge is 0.0834 e. The number of hydrogen-bond donors (Lipinski definition) is 1. The summed E-state index contributed by atoms with van der Waals surface area (Å²) < 4.78 is 1.68. The fourth-order valence-electron chi connectivity index (χ4n) is 2.06. The molecular weight excluding hydrogens is 272 g/mol. The van der Waals surface area contributed by atoms with Crippen molar-refractivity contribution >= 4 is 35.8 Å². The van der Waals surface area contributed by atoms with Crippen LogP contribution >= 0.6 is 24.4 Å². The predicted molar refractivity (Wildman–Crippen MR) is 93.3 cm³/mol. The van der Waals surface area contributed by atoms with E-state index in [9.17, 15) is 0 Å². The number of anilines is 2. The van der Waals surface area contributed by atoms with E-state index >= 15 is 0 Å². The first-order valence-corrected chi connectivity index (χ1v) is 7.88. The zero-order chi connectivity index (χ0) is 14.6. The van der Waals surface area contributed by atoms with Gasteiger partial charge in [0.1, 0.15) is 0 Å². The molecule has 1 aromatic rings. The van der Waals surface area contributed by atoms with Crippen LogP contribution in [0, 0.1) is 14.4 Å². The van der Waals surface area contributed by atoms with E-state index in [1.54, 1.807) is 0 Å². The Balaban J connectivity index is 0.00000361. The van der Waals surface area contributed by atoms with Gasteiger partial charge >= 0.3 is 0 Å². The Bertz CT molecular complexity index is 485. The number of nitrogens with zero attached hydrogens (tertiary/aromatic N) is 1. The van der Waals surface area contributed by atoms with Gasteiger partial charge < -0.3 is 10.2 Å². The van der Waals surface area contributed by atoms with Gasteiger partial charge in [-0.2, -0.15) is 0 Å². The summed E-state index contributed by atoms with van der Waals surface area (Å²) in [5.41, 5.74) is 2.64. The van der Waals surface area contributed by atoms with E-state index in [0.29, 0.717) is 5.41 Å². The highest BCUT2D eigenvalue weighted by molar-refractivity contribution is 7.74. The Hall–Kier alpha value is -0.480. The van der Waals surface area contributed by atoms with Crippen LogP contribution in [0.5, 0.6) is 0 Å². The zero-order valence-corrected chi connectivity index (χ0v) is 14.4. The molecule has 0 aliphatic rings. The van der Waals surface area contributed by atoms with Crippen molar-refractivity contribution in [3.05, 3.63) is 9.02 Å². The zero-order valence-electron chi connectivity index (χ0n) is 12.8. The second-order valence-corrected chi connectivity index (χ2v) is 7.16. The lowest BCUT2D eigenvalue weighted by Gasteiger charge is -2.25. The SMILES string of the molecule is CCN(C)c1c(NCCCCC(C)(C)C)c(=S)c1=S.[HH]. The van der Waals surface area contributed by atoms with Crippen LogP contribution < -0.4 is 10.2 Å². The van der Waals surface area contributed by atoms with Gasteiger partial charge in [0, 0.05) is 21.6 Å². The molecule has 0 bridgehead atoms. The molecule has 1 aromatic carbocycles. The molecule has 4 heteroatoms. The molecule has 0 heterocycles. The highest BCUT2D eigenvalue weighted by Crippen LogP contribution is 2.35. The first-order chi connectivity index (χ1) is 8.78. The fourth-order valence-corrected chi connectivity index (χ4v) is 2.69. The second kappa shape index (κ2) is 6.80. The Kier molecular flexibility index (Phi) is 5.93. The third kappa shape index (κ3) is 4.53. The molecule has 1 rings (SSSR count). The number of unbranched alkanes of at least 4 members (excludes halogenated alkanes) is 1. The van der Waals surface area contributed by atoms with E-state index in [1.165, 1.54) is 19.3 Å². The molecule has 0 amide bonds. The van der Waals surface area contributed by atoms with E-state index in [1.807, 2.05) is 0 Å². The van der Waals surface area contributed by atoms with Gasteiger partial charge in [-0.25, -0.2) is 0 Å². The minimum absolute atomic E-state index is 0. The quantitative estimate of drug-likeness (QED) is 0.539. The van der Waals surface area contributed by atoms with Crippen molar-refractivity contribution in [2.75, 3.05) is 30.4 Å². The summed E-state index contributed by atoms with van der Waals surface area (Å²) in [6.07, 6.45) is 3.69. The maximum absolute atomic E-state index is 5.32. The molecule has 0 aliphatic carbocycles. The highest BCUT2D eigenvalue weighted by atomic mass is 32.1. The fraction of sp³-hybridized carbons (Fsp3) is 0.733. The van der Waals surface area contributed by atoms with Crippen LogP contribution in [-0.2, 0) is 0 Å². The van der Waals surface area contributed by atoms with Crippen molar-refractivity contribution in [1.29, 1.82) is 0 Å². The van der Waals surface area contributed by atoms with Crippen molar-refractivity contribution in [3.8, 4) is 0 Å². The lowest BCUT2D eigenvalue weighted by atomic mass is 9.90. The lowest BCUT2D eigenvalue weighted by Crippen LogP contribution is -2.21. The van der Waals surface area contributed by atoms with Crippen LogP contribution in [0.15, 0.2) is 0 Å². The second-order valence-electron chi connectivity index (χ2n) is 6.34. The van der Waals surface area contributed by atoms with Crippen LogP contribution in [0.25, 0.3) is 0 Å². The van der Waals surface area contributed by atoms with E-state index in [0.717, 1.165) is 33.5 Å². The maximum Gasteiger partial charge on any atom is 0.0834 e. The summed E-state index contributed by atoms with van der Waals surface area (Å²) in [4.78, 5) is 2.16. The molecule has 0 aliphatic heterocycles. The minimum atomic E-state index is 0. The van der Waals surface area contributed by atoms with Crippen LogP contribution in [-0.4, -0.2) is 20.1 Å². The summed E-state index contributed by atoms with van der Waals surface area (Å²) >= 11 is 10.6. The Labute approximate surface area is 129 Å². The molecule has 0 fully saturated rings. The van der Waals surface area contributed by atoms with Crippen LogP contribution in [0.2, 0.25) is 0 Å². The number of hydrogen-bond acceptors (Lipinski definition) is 4. The van der Waals surface area contributed by atoms with Crippen molar-refractivity contribution in [1.82, 2.24) is 0 Å². The third-order valence-corrected chi connectivity index (χ3v) is 4.33. The van der Waals surface area contributed by atoms with Gasteiger partial charge in [-0.3, -0.25) is 0 Å². The lowest BCUT2D eigenvalue weighted by molar-refractivity contribution is 0.362. The van der Waals surface area contributed by atoms with Gasteiger partial charge in [-0.05, 0) is 25.2 Å². The summed E-state index contributed by atoms with van der Waals surface area (Å²) in [5.74, 6) is 0. The van der Waals surface area contributed by atoms with Crippen molar-refractivity contribution < 1.29 is 1.43 Å². The maximum atomic E-state index is 5.32. The molecule has 110 valence electrons. The molecule has 0 aromatic heterocycles. The standard InChI is InChI=1S/C15H26N2S2.H2/c1-6-17(5)12-11(13(18)14(12)19)16-10-8-7-9-15(2,3)4;/h16H,6-10H2,1-5H3;1H. The van der Waals surface area contributed by atoms with E-state index in [2.05, 4.69) is 45.0 Å².